The molecule has 0 saturated heterocycles. The first kappa shape index (κ1) is 12.5. The second-order valence-electron chi connectivity index (χ2n) is 3.94. The largest absolute Gasteiger partial charge is 0.486 e. The van der Waals surface area contributed by atoms with Gasteiger partial charge in [-0.3, -0.25) is 0 Å². The van der Waals surface area contributed by atoms with Crippen molar-refractivity contribution < 1.29 is 4.74 Å². The Kier molecular flexibility index (Phi) is 4.07. The Morgan fingerprint density at radius 3 is 2.82 bits per heavy atom. The molecule has 2 rings (SSSR count). The average molecular weight is 265 g/mol. The molecule has 0 bridgehead atoms. The molecule has 0 amide bonds. The third-order valence-electron chi connectivity index (χ3n) is 2.44. The van der Waals surface area contributed by atoms with Gasteiger partial charge in [-0.25, -0.2) is 4.98 Å². The van der Waals surface area contributed by atoms with Crippen LogP contribution < -0.4 is 4.74 Å². The Balaban J connectivity index is 2.02. The Morgan fingerprint density at radius 1 is 1.35 bits per heavy atom. The van der Waals surface area contributed by atoms with Gasteiger partial charge in [0.05, 0.1) is 0 Å². The smallest absolute Gasteiger partial charge is 0.140 e. The van der Waals surface area contributed by atoms with Crippen LogP contribution >= 0.6 is 24.0 Å². The zero-order chi connectivity index (χ0) is 12.3. The number of thiazole rings is 1. The second kappa shape index (κ2) is 5.56. The highest BCUT2D eigenvalue weighted by Gasteiger charge is 2.04. The molecule has 2 aromatic rings. The zero-order valence-electron chi connectivity index (χ0n) is 9.93. The fourth-order valence-electron chi connectivity index (χ4n) is 1.59. The van der Waals surface area contributed by atoms with Crippen LogP contribution in [-0.2, 0) is 12.4 Å². The fourth-order valence-corrected chi connectivity index (χ4v) is 2.56. The van der Waals surface area contributed by atoms with Crippen molar-refractivity contribution in [2.24, 2.45) is 0 Å². The minimum Gasteiger partial charge on any atom is -0.486 e. The van der Waals surface area contributed by atoms with Crippen molar-refractivity contribution in [2.75, 3.05) is 0 Å². The molecule has 0 aliphatic rings. The van der Waals surface area contributed by atoms with E-state index < -0.39 is 0 Å². The maximum atomic E-state index is 5.76. The lowest BCUT2D eigenvalue weighted by atomic mass is 10.1. The summed E-state index contributed by atoms with van der Waals surface area (Å²) in [5, 5.41) is 0.994. The Morgan fingerprint density at radius 2 is 2.18 bits per heavy atom. The molecule has 1 heterocycles. The van der Waals surface area contributed by atoms with Gasteiger partial charge in [0, 0.05) is 16.8 Å². The number of hydrogen-bond donors (Lipinski definition) is 1. The van der Waals surface area contributed by atoms with E-state index in [4.69, 9.17) is 4.74 Å². The van der Waals surface area contributed by atoms with Crippen molar-refractivity contribution in [3.05, 3.63) is 45.4 Å². The average Bonchev–Trinajstić information content (AvgIpc) is 2.76. The number of hydrogen-bond acceptors (Lipinski definition) is 4. The molecule has 1 aromatic heterocycles. The van der Waals surface area contributed by atoms with Gasteiger partial charge in [0.2, 0.25) is 0 Å². The van der Waals surface area contributed by atoms with E-state index >= 15 is 0 Å². The predicted octanol–water partition coefficient (Wildman–Crippen LogP) is 3.77. The number of aromatic nitrogens is 1. The van der Waals surface area contributed by atoms with Crippen LogP contribution in [0.4, 0.5) is 0 Å². The molecule has 0 radical (unpaired) electrons. The van der Waals surface area contributed by atoms with Crippen LogP contribution in [0.15, 0.2) is 24.4 Å². The molecule has 4 heteroatoms. The molecule has 2 nitrogen and oxygen atoms in total. The van der Waals surface area contributed by atoms with E-state index in [1.54, 1.807) is 11.3 Å². The molecule has 90 valence electrons. The van der Waals surface area contributed by atoms with Crippen LogP contribution in [0.1, 0.15) is 21.0 Å². The highest BCUT2D eigenvalue weighted by Crippen LogP contribution is 2.21. The molecule has 0 saturated carbocycles. The summed E-state index contributed by atoms with van der Waals surface area (Å²) in [6, 6.07) is 6.19. The lowest BCUT2D eigenvalue weighted by molar-refractivity contribution is 0.303. The van der Waals surface area contributed by atoms with E-state index in [0.29, 0.717) is 6.61 Å². The summed E-state index contributed by atoms with van der Waals surface area (Å²) in [5.74, 6) is 1.67. The molecule has 0 atom stereocenters. The molecule has 0 fully saturated rings. The summed E-state index contributed by atoms with van der Waals surface area (Å²) >= 11 is 5.87. The van der Waals surface area contributed by atoms with Gasteiger partial charge >= 0.3 is 0 Å². The van der Waals surface area contributed by atoms with Crippen molar-refractivity contribution in [1.29, 1.82) is 0 Å². The molecule has 0 aliphatic heterocycles. The zero-order valence-corrected chi connectivity index (χ0v) is 11.6. The van der Waals surface area contributed by atoms with Crippen LogP contribution in [0.5, 0.6) is 5.75 Å². The summed E-state index contributed by atoms with van der Waals surface area (Å²) in [6.45, 7) is 4.67. The number of ether oxygens (including phenoxy) is 1. The number of nitrogens with zero attached hydrogens (tertiary/aromatic N) is 1. The molecule has 17 heavy (non-hydrogen) atoms. The van der Waals surface area contributed by atoms with Crippen molar-refractivity contribution in [2.45, 2.75) is 26.2 Å². The van der Waals surface area contributed by atoms with Gasteiger partial charge in [0.25, 0.3) is 0 Å². The Bertz CT molecular complexity index is 508. The minimum atomic E-state index is 0.530. The Hall–Kier alpha value is -1.00. The number of thiol groups is 1. The van der Waals surface area contributed by atoms with Crippen molar-refractivity contribution in [3.63, 3.8) is 0 Å². The van der Waals surface area contributed by atoms with E-state index in [1.807, 2.05) is 12.3 Å². The lowest BCUT2D eigenvalue weighted by Gasteiger charge is -2.07. The van der Waals surface area contributed by atoms with Gasteiger partial charge in [0.15, 0.2) is 0 Å². The van der Waals surface area contributed by atoms with Crippen molar-refractivity contribution in [1.82, 2.24) is 4.98 Å². The van der Waals surface area contributed by atoms with Crippen molar-refractivity contribution in [3.8, 4) is 5.75 Å². The summed E-state index contributed by atoms with van der Waals surface area (Å²) in [4.78, 5) is 5.47. The van der Waals surface area contributed by atoms with E-state index in [-0.39, 0.29) is 0 Å². The van der Waals surface area contributed by atoms with Gasteiger partial charge in [0.1, 0.15) is 17.4 Å². The van der Waals surface area contributed by atoms with Crippen molar-refractivity contribution >= 4 is 24.0 Å². The first-order chi connectivity index (χ1) is 8.19. The van der Waals surface area contributed by atoms with Gasteiger partial charge in [-0.1, -0.05) is 17.7 Å². The van der Waals surface area contributed by atoms with Crippen LogP contribution in [0, 0.1) is 13.8 Å². The molecule has 1 aromatic carbocycles. The topological polar surface area (TPSA) is 22.1 Å². The van der Waals surface area contributed by atoms with E-state index in [1.165, 1.54) is 10.4 Å². The second-order valence-corrected chi connectivity index (χ2v) is 5.45. The maximum Gasteiger partial charge on any atom is 0.140 e. The van der Waals surface area contributed by atoms with Crippen LogP contribution in [0.3, 0.4) is 0 Å². The first-order valence-electron chi connectivity index (χ1n) is 5.43. The van der Waals surface area contributed by atoms with Crippen LogP contribution in [0.2, 0.25) is 0 Å². The number of rotatable bonds is 4. The fraction of sp³-hybridized carbons (Fsp3) is 0.308. The highest BCUT2D eigenvalue weighted by molar-refractivity contribution is 7.79. The molecular formula is C13H15NOS2. The van der Waals surface area contributed by atoms with E-state index in [2.05, 4.69) is 43.6 Å². The number of aryl methyl sites for hydroxylation is 2. The number of benzene rings is 1. The van der Waals surface area contributed by atoms with Gasteiger partial charge in [-0.05, 0) is 25.5 Å². The standard InChI is InChI=1S/C13H15NOS2/c1-9-3-4-12(10(2)5-9)15-7-13-14-6-11(8-16)17-13/h3-6,16H,7-8H2,1-2H3. The first-order valence-corrected chi connectivity index (χ1v) is 6.88. The summed E-state index contributed by atoms with van der Waals surface area (Å²) in [7, 11) is 0. The van der Waals surface area contributed by atoms with Crippen LogP contribution in [0.25, 0.3) is 0 Å². The monoisotopic (exact) mass is 265 g/mol. The third-order valence-corrected chi connectivity index (χ3v) is 3.96. The van der Waals surface area contributed by atoms with Crippen LogP contribution in [-0.4, -0.2) is 4.98 Å². The summed E-state index contributed by atoms with van der Waals surface area (Å²) in [6.07, 6.45) is 1.86. The Labute approximate surface area is 111 Å². The molecule has 0 aliphatic carbocycles. The predicted molar refractivity (Wildman–Crippen MR) is 75.1 cm³/mol. The summed E-state index contributed by atoms with van der Waals surface area (Å²) in [5.41, 5.74) is 2.41. The molecule has 0 unspecified atom stereocenters. The van der Waals surface area contributed by atoms with E-state index in [0.717, 1.165) is 22.1 Å². The summed E-state index contributed by atoms with van der Waals surface area (Å²) < 4.78 is 5.76. The lowest BCUT2D eigenvalue weighted by Crippen LogP contribution is -1.96. The molecular weight excluding hydrogens is 250 g/mol. The normalized spacial score (nSPS) is 10.5. The minimum absolute atomic E-state index is 0.530. The SMILES string of the molecule is Cc1ccc(OCc2ncc(CS)s2)c(C)c1. The van der Waals surface area contributed by atoms with E-state index in [9.17, 15) is 0 Å². The molecule has 0 spiro atoms. The maximum absolute atomic E-state index is 5.76. The highest BCUT2D eigenvalue weighted by atomic mass is 32.1. The third kappa shape index (κ3) is 3.23. The van der Waals surface area contributed by atoms with Gasteiger partial charge < -0.3 is 4.74 Å². The quantitative estimate of drug-likeness (QED) is 0.850. The van der Waals surface area contributed by atoms with Gasteiger partial charge in [-0.15, -0.1) is 11.3 Å². The molecule has 0 N–H and O–H groups in total. The van der Waals surface area contributed by atoms with Gasteiger partial charge in [-0.2, -0.15) is 12.6 Å².